The molecule has 192 valence electrons. The van der Waals surface area contributed by atoms with E-state index in [2.05, 4.69) is 5.32 Å². The molecule has 1 atom stereocenters. The standard InChI is InChI=1S/C25H34ClN3O5S/c1-18(2)27-25(31)19(3)28(17-20-12-14-21(26)15-13-20)24(30)11-8-16-29(35(5,32)33)22-9-6-7-10-23(22)34-4/h6-7,9-10,12-15,18-19H,8,11,16-17H2,1-5H3,(H,27,31). The van der Waals surface area contributed by atoms with Crippen molar-refractivity contribution in [3.63, 3.8) is 0 Å². The maximum Gasteiger partial charge on any atom is 0.242 e. The number of nitrogens with zero attached hydrogens (tertiary/aromatic N) is 2. The number of halogens is 1. The normalized spacial score (nSPS) is 12.2. The number of methoxy groups -OCH3 is 1. The van der Waals surface area contributed by atoms with Crippen molar-refractivity contribution in [2.24, 2.45) is 0 Å². The van der Waals surface area contributed by atoms with Crippen molar-refractivity contribution in [3.05, 3.63) is 59.1 Å². The maximum atomic E-state index is 13.3. The number of hydrogen-bond donors (Lipinski definition) is 1. The molecule has 0 radical (unpaired) electrons. The SMILES string of the molecule is COc1ccccc1N(CCCC(=O)N(Cc1ccc(Cl)cc1)C(C)C(=O)NC(C)C)S(C)(=O)=O. The highest BCUT2D eigenvalue weighted by molar-refractivity contribution is 7.92. The van der Waals surface area contributed by atoms with Crippen molar-refractivity contribution in [3.8, 4) is 5.75 Å². The van der Waals surface area contributed by atoms with Crippen molar-refractivity contribution in [2.75, 3.05) is 24.2 Å². The molecule has 10 heteroatoms. The number of nitrogens with one attached hydrogen (secondary N) is 1. The molecule has 35 heavy (non-hydrogen) atoms. The van der Waals surface area contributed by atoms with E-state index in [-0.39, 0.29) is 43.8 Å². The van der Waals surface area contributed by atoms with E-state index in [1.807, 2.05) is 26.0 Å². The molecule has 2 aromatic carbocycles. The Morgan fingerprint density at radius 1 is 1.06 bits per heavy atom. The van der Waals surface area contributed by atoms with E-state index >= 15 is 0 Å². The number of amides is 2. The summed E-state index contributed by atoms with van der Waals surface area (Å²) in [4.78, 5) is 27.5. The first-order valence-electron chi connectivity index (χ1n) is 11.4. The fraction of sp³-hybridized carbons (Fsp3) is 0.440. The average Bonchev–Trinajstić information content (AvgIpc) is 2.79. The summed E-state index contributed by atoms with van der Waals surface area (Å²) in [5, 5.41) is 3.42. The minimum Gasteiger partial charge on any atom is -0.495 e. The first-order chi connectivity index (χ1) is 16.4. The topological polar surface area (TPSA) is 96.0 Å². The van der Waals surface area contributed by atoms with E-state index in [4.69, 9.17) is 16.3 Å². The van der Waals surface area contributed by atoms with Crippen LogP contribution in [0.2, 0.25) is 5.02 Å². The minimum absolute atomic E-state index is 0.0635. The Kier molecular flexibility index (Phi) is 10.4. The Morgan fingerprint density at radius 2 is 1.69 bits per heavy atom. The van der Waals surface area contributed by atoms with Gasteiger partial charge in [-0.2, -0.15) is 0 Å². The van der Waals surface area contributed by atoms with Gasteiger partial charge in [0.15, 0.2) is 0 Å². The van der Waals surface area contributed by atoms with Crippen molar-refractivity contribution in [2.45, 2.75) is 52.2 Å². The maximum absolute atomic E-state index is 13.3. The van der Waals surface area contributed by atoms with Crippen LogP contribution >= 0.6 is 11.6 Å². The molecule has 0 aromatic heterocycles. The summed E-state index contributed by atoms with van der Waals surface area (Å²) in [5.74, 6) is -0.0819. The number of para-hydroxylation sites is 2. The second kappa shape index (κ2) is 12.8. The summed E-state index contributed by atoms with van der Waals surface area (Å²) in [6.07, 6.45) is 1.44. The third-order valence-corrected chi connectivity index (χ3v) is 6.80. The second-order valence-corrected chi connectivity index (χ2v) is 10.9. The lowest BCUT2D eigenvalue weighted by molar-refractivity contribution is -0.140. The lowest BCUT2D eigenvalue weighted by Gasteiger charge is -2.30. The molecule has 8 nitrogen and oxygen atoms in total. The fourth-order valence-electron chi connectivity index (χ4n) is 3.59. The summed E-state index contributed by atoms with van der Waals surface area (Å²) in [5.41, 5.74) is 1.24. The number of sulfonamides is 1. The van der Waals surface area contributed by atoms with Gasteiger partial charge < -0.3 is 15.0 Å². The lowest BCUT2D eigenvalue weighted by Crippen LogP contribution is -2.49. The Balaban J connectivity index is 2.19. The lowest BCUT2D eigenvalue weighted by atomic mass is 10.1. The van der Waals surface area contributed by atoms with Gasteiger partial charge in [-0.05, 0) is 57.0 Å². The third kappa shape index (κ3) is 8.43. The smallest absolute Gasteiger partial charge is 0.242 e. The van der Waals surface area contributed by atoms with Gasteiger partial charge in [-0.1, -0.05) is 35.9 Å². The van der Waals surface area contributed by atoms with Crippen molar-refractivity contribution < 1.29 is 22.7 Å². The van der Waals surface area contributed by atoms with Crippen LogP contribution in [0.5, 0.6) is 5.75 Å². The molecule has 0 aliphatic carbocycles. The van der Waals surface area contributed by atoms with E-state index in [0.717, 1.165) is 11.8 Å². The number of anilines is 1. The zero-order valence-electron chi connectivity index (χ0n) is 20.8. The van der Waals surface area contributed by atoms with Crippen LogP contribution in [0.25, 0.3) is 0 Å². The molecule has 2 aromatic rings. The monoisotopic (exact) mass is 523 g/mol. The Labute approximate surface area is 213 Å². The van der Waals surface area contributed by atoms with Crippen molar-refractivity contribution in [1.29, 1.82) is 0 Å². The molecule has 0 bridgehead atoms. The van der Waals surface area contributed by atoms with E-state index < -0.39 is 16.1 Å². The van der Waals surface area contributed by atoms with Crippen molar-refractivity contribution >= 4 is 39.1 Å². The minimum atomic E-state index is -3.61. The molecule has 2 rings (SSSR count). The zero-order chi connectivity index (χ0) is 26.2. The van der Waals surface area contributed by atoms with Crippen molar-refractivity contribution in [1.82, 2.24) is 10.2 Å². The van der Waals surface area contributed by atoms with Gasteiger partial charge in [0.05, 0.1) is 19.1 Å². The van der Waals surface area contributed by atoms with Gasteiger partial charge in [0.1, 0.15) is 11.8 Å². The zero-order valence-corrected chi connectivity index (χ0v) is 22.4. The number of carbonyl (C=O) groups excluding carboxylic acids is 2. The average molecular weight is 524 g/mol. The van der Waals surface area contributed by atoms with Crippen LogP contribution in [0.1, 0.15) is 39.2 Å². The number of rotatable bonds is 12. The highest BCUT2D eigenvalue weighted by Crippen LogP contribution is 2.29. The van der Waals surface area contributed by atoms with E-state index in [0.29, 0.717) is 16.5 Å². The molecule has 0 fully saturated rings. The molecule has 0 heterocycles. The summed E-state index contributed by atoms with van der Waals surface area (Å²) < 4.78 is 31.5. The van der Waals surface area contributed by atoms with Crippen LogP contribution in [0.3, 0.4) is 0 Å². The fourth-order valence-corrected chi connectivity index (χ4v) is 4.69. The molecule has 1 N–H and O–H groups in total. The summed E-state index contributed by atoms with van der Waals surface area (Å²) in [7, 11) is -2.14. The highest BCUT2D eigenvalue weighted by Gasteiger charge is 2.27. The van der Waals surface area contributed by atoms with Gasteiger partial charge in [0, 0.05) is 30.6 Å². The molecule has 2 amide bonds. The van der Waals surface area contributed by atoms with Gasteiger partial charge in [-0.25, -0.2) is 8.42 Å². The number of carbonyl (C=O) groups is 2. The number of hydrogen-bond acceptors (Lipinski definition) is 5. The largest absolute Gasteiger partial charge is 0.495 e. The van der Waals surface area contributed by atoms with Crippen LogP contribution in [0.15, 0.2) is 48.5 Å². The summed E-state index contributed by atoms with van der Waals surface area (Å²) >= 11 is 5.98. The molecule has 0 saturated carbocycles. The summed E-state index contributed by atoms with van der Waals surface area (Å²) in [6, 6.07) is 13.1. The Bertz CT molecular complexity index is 1110. The molecule has 1 unspecified atom stereocenters. The molecule has 0 saturated heterocycles. The van der Waals surface area contributed by atoms with E-state index in [1.165, 1.54) is 16.3 Å². The van der Waals surface area contributed by atoms with Gasteiger partial charge in [0.25, 0.3) is 0 Å². The van der Waals surface area contributed by atoms with Gasteiger partial charge in [0.2, 0.25) is 21.8 Å². The van der Waals surface area contributed by atoms with E-state index in [1.54, 1.807) is 43.3 Å². The summed E-state index contributed by atoms with van der Waals surface area (Å²) in [6.45, 7) is 5.71. The Morgan fingerprint density at radius 3 is 2.26 bits per heavy atom. The number of benzene rings is 2. The van der Waals surface area contributed by atoms with Crippen LogP contribution in [0, 0.1) is 0 Å². The van der Waals surface area contributed by atoms with Gasteiger partial charge in [-0.15, -0.1) is 0 Å². The Hall–Kier alpha value is -2.78. The van der Waals surface area contributed by atoms with Crippen LogP contribution in [-0.2, 0) is 26.2 Å². The molecular weight excluding hydrogens is 490 g/mol. The van der Waals surface area contributed by atoms with Crippen LogP contribution < -0.4 is 14.4 Å². The predicted molar refractivity (Wildman–Crippen MR) is 139 cm³/mol. The van der Waals surface area contributed by atoms with Gasteiger partial charge >= 0.3 is 0 Å². The van der Waals surface area contributed by atoms with E-state index in [9.17, 15) is 18.0 Å². The van der Waals surface area contributed by atoms with Crippen LogP contribution in [0.4, 0.5) is 5.69 Å². The molecule has 0 aliphatic rings. The molecular formula is C25H34ClN3O5S. The third-order valence-electron chi connectivity index (χ3n) is 5.37. The molecule has 0 aliphatic heterocycles. The van der Waals surface area contributed by atoms with Crippen LogP contribution in [-0.4, -0.2) is 57.1 Å². The first-order valence-corrected chi connectivity index (χ1v) is 13.6. The highest BCUT2D eigenvalue weighted by atomic mass is 35.5. The second-order valence-electron chi connectivity index (χ2n) is 8.60. The quantitative estimate of drug-likeness (QED) is 0.456. The number of ether oxygens (including phenoxy) is 1. The van der Waals surface area contributed by atoms with Gasteiger partial charge in [-0.3, -0.25) is 13.9 Å². The predicted octanol–water partition coefficient (Wildman–Crippen LogP) is 3.84. The first kappa shape index (κ1) is 28.5. The molecule has 0 spiro atoms.